The van der Waals surface area contributed by atoms with Gasteiger partial charge < -0.3 is 10.2 Å². The number of nitrogens with zero attached hydrogens (tertiary/aromatic N) is 4. The van der Waals surface area contributed by atoms with Crippen LogP contribution in [0.2, 0.25) is 0 Å². The first kappa shape index (κ1) is 17.4. The van der Waals surface area contributed by atoms with Gasteiger partial charge in [-0.2, -0.15) is 5.10 Å². The second kappa shape index (κ2) is 6.78. The Labute approximate surface area is 172 Å². The zero-order valence-corrected chi connectivity index (χ0v) is 16.3. The van der Waals surface area contributed by atoms with E-state index in [-0.39, 0.29) is 5.82 Å². The molecule has 5 aromatic rings. The standard InChI is InChI=1S/C24H20FN5/c25-20-8-4-3-7-19(20)23-17-5-1-2-6-18(17)24-27-21-10-9-16(15-22(21)30(24)28-23)29-13-11-26-12-14-29/h1-10,15,26H,11-14H2. The summed E-state index contributed by atoms with van der Waals surface area (Å²) in [5, 5.41) is 10.1. The zero-order chi connectivity index (χ0) is 20.1. The first-order valence-electron chi connectivity index (χ1n) is 10.2. The van der Waals surface area contributed by atoms with Crippen LogP contribution in [0.1, 0.15) is 0 Å². The fourth-order valence-electron chi connectivity index (χ4n) is 4.34. The van der Waals surface area contributed by atoms with Crippen molar-refractivity contribution in [2.75, 3.05) is 31.1 Å². The molecule has 0 spiro atoms. The van der Waals surface area contributed by atoms with E-state index in [9.17, 15) is 4.39 Å². The normalized spacial score (nSPS) is 14.8. The van der Waals surface area contributed by atoms with E-state index >= 15 is 0 Å². The van der Waals surface area contributed by atoms with Gasteiger partial charge in [-0.3, -0.25) is 0 Å². The van der Waals surface area contributed by atoms with Crippen LogP contribution in [0.3, 0.4) is 0 Å². The molecule has 0 radical (unpaired) electrons. The molecular weight excluding hydrogens is 377 g/mol. The number of nitrogens with one attached hydrogen (secondary N) is 1. The van der Waals surface area contributed by atoms with Gasteiger partial charge in [0.2, 0.25) is 0 Å². The lowest BCUT2D eigenvalue weighted by atomic mass is 10.0. The van der Waals surface area contributed by atoms with Crippen LogP contribution in [0.4, 0.5) is 10.1 Å². The summed E-state index contributed by atoms with van der Waals surface area (Å²) in [4.78, 5) is 7.23. The summed E-state index contributed by atoms with van der Waals surface area (Å²) < 4.78 is 16.5. The first-order valence-corrected chi connectivity index (χ1v) is 10.2. The third kappa shape index (κ3) is 2.64. The number of hydrogen-bond acceptors (Lipinski definition) is 4. The van der Waals surface area contributed by atoms with Crippen molar-refractivity contribution in [3.63, 3.8) is 0 Å². The van der Waals surface area contributed by atoms with E-state index in [2.05, 4.69) is 28.4 Å². The third-order valence-corrected chi connectivity index (χ3v) is 5.85. The van der Waals surface area contributed by atoms with Crippen LogP contribution in [0.5, 0.6) is 0 Å². The SMILES string of the molecule is Fc1ccccc1-c1nn2c3cc(N4CCNCC4)ccc3nc2c2ccccc12. The quantitative estimate of drug-likeness (QED) is 0.484. The lowest BCUT2D eigenvalue weighted by Crippen LogP contribution is -2.43. The average Bonchev–Trinajstić information content (AvgIpc) is 3.18. The van der Waals surface area contributed by atoms with Crippen molar-refractivity contribution in [3.05, 3.63) is 72.5 Å². The molecule has 6 rings (SSSR count). The molecule has 6 heteroatoms. The molecule has 0 bridgehead atoms. The molecule has 30 heavy (non-hydrogen) atoms. The highest BCUT2D eigenvalue weighted by molar-refractivity contribution is 6.04. The maximum absolute atomic E-state index is 14.7. The van der Waals surface area contributed by atoms with Gasteiger partial charge in [0, 0.05) is 48.2 Å². The highest BCUT2D eigenvalue weighted by Gasteiger charge is 2.18. The maximum Gasteiger partial charge on any atom is 0.162 e. The molecule has 1 aliphatic heterocycles. The highest BCUT2D eigenvalue weighted by Crippen LogP contribution is 2.33. The van der Waals surface area contributed by atoms with Gasteiger partial charge in [-0.05, 0) is 30.3 Å². The van der Waals surface area contributed by atoms with Crippen LogP contribution < -0.4 is 10.2 Å². The highest BCUT2D eigenvalue weighted by atomic mass is 19.1. The topological polar surface area (TPSA) is 45.5 Å². The molecule has 1 fully saturated rings. The molecule has 3 aromatic carbocycles. The van der Waals surface area contributed by atoms with Gasteiger partial charge in [0.05, 0.1) is 11.0 Å². The van der Waals surface area contributed by atoms with Crippen molar-refractivity contribution in [3.8, 4) is 11.3 Å². The van der Waals surface area contributed by atoms with Crippen molar-refractivity contribution >= 4 is 33.1 Å². The van der Waals surface area contributed by atoms with Crippen molar-refractivity contribution in [2.24, 2.45) is 0 Å². The Morgan fingerprint density at radius 1 is 0.867 bits per heavy atom. The molecular formula is C24H20FN5. The molecule has 0 atom stereocenters. The smallest absolute Gasteiger partial charge is 0.162 e. The maximum atomic E-state index is 14.7. The third-order valence-electron chi connectivity index (χ3n) is 5.85. The Morgan fingerprint density at radius 3 is 2.47 bits per heavy atom. The van der Waals surface area contributed by atoms with Crippen LogP contribution in [0.25, 0.3) is 38.7 Å². The predicted molar refractivity (Wildman–Crippen MR) is 118 cm³/mol. The molecule has 1 aliphatic rings. The fourth-order valence-corrected chi connectivity index (χ4v) is 4.34. The van der Waals surface area contributed by atoms with Crippen LogP contribution >= 0.6 is 0 Å². The number of aromatic nitrogens is 3. The first-order chi connectivity index (χ1) is 14.8. The summed E-state index contributed by atoms with van der Waals surface area (Å²) in [5.41, 5.74) is 4.90. The Bertz CT molecular complexity index is 1400. The van der Waals surface area contributed by atoms with Crippen LogP contribution in [-0.2, 0) is 0 Å². The molecule has 1 N–H and O–H groups in total. The van der Waals surface area contributed by atoms with E-state index < -0.39 is 0 Å². The van der Waals surface area contributed by atoms with Gasteiger partial charge in [-0.25, -0.2) is 13.9 Å². The Kier molecular flexibility index (Phi) is 3.92. The van der Waals surface area contributed by atoms with Crippen molar-refractivity contribution < 1.29 is 4.39 Å². The number of imidazole rings is 1. The summed E-state index contributed by atoms with van der Waals surface area (Å²) in [6, 6.07) is 21.1. The average molecular weight is 397 g/mol. The fraction of sp³-hybridized carbons (Fsp3) is 0.167. The van der Waals surface area contributed by atoms with E-state index in [1.165, 1.54) is 6.07 Å². The summed E-state index contributed by atoms with van der Waals surface area (Å²) in [6.07, 6.45) is 0. The molecule has 5 nitrogen and oxygen atoms in total. The molecule has 0 aliphatic carbocycles. The van der Waals surface area contributed by atoms with E-state index in [1.807, 2.05) is 34.8 Å². The molecule has 0 saturated carbocycles. The minimum atomic E-state index is -0.277. The van der Waals surface area contributed by atoms with E-state index in [0.717, 1.165) is 59.3 Å². The van der Waals surface area contributed by atoms with Gasteiger partial charge >= 0.3 is 0 Å². The Morgan fingerprint density at radius 2 is 1.63 bits per heavy atom. The van der Waals surface area contributed by atoms with E-state index in [1.54, 1.807) is 12.1 Å². The van der Waals surface area contributed by atoms with Crippen molar-refractivity contribution in [1.29, 1.82) is 0 Å². The number of anilines is 1. The summed E-state index contributed by atoms with van der Waals surface area (Å²) in [5.74, 6) is -0.277. The van der Waals surface area contributed by atoms with Crippen molar-refractivity contribution in [1.82, 2.24) is 19.9 Å². The summed E-state index contributed by atoms with van der Waals surface area (Å²) in [6.45, 7) is 3.90. The van der Waals surface area contributed by atoms with Gasteiger partial charge in [0.25, 0.3) is 0 Å². The molecule has 2 aromatic heterocycles. The number of fused-ring (bicyclic) bond motifs is 5. The van der Waals surface area contributed by atoms with Crippen LogP contribution in [0, 0.1) is 5.82 Å². The molecule has 3 heterocycles. The number of benzene rings is 3. The van der Waals surface area contributed by atoms with Crippen molar-refractivity contribution in [2.45, 2.75) is 0 Å². The number of rotatable bonds is 2. The minimum Gasteiger partial charge on any atom is -0.369 e. The number of piperazine rings is 1. The molecule has 0 unspecified atom stereocenters. The van der Waals surface area contributed by atoms with Gasteiger partial charge in [0.15, 0.2) is 5.65 Å². The Balaban J connectivity index is 1.66. The lowest BCUT2D eigenvalue weighted by molar-refractivity contribution is 0.589. The van der Waals surface area contributed by atoms with Gasteiger partial charge in [-0.1, -0.05) is 36.4 Å². The largest absolute Gasteiger partial charge is 0.369 e. The number of halogens is 1. The Hall–Kier alpha value is -3.51. The predicted octanol–water partition coefficient (Wildman–Crippen LogP) is 4.25. The second-order valence-electron chi connectivity index (χ2n) is 7.63. The summed E-state index contributed by atoms with van der Waals surface area (Å²) >= 11 is 0. The molecule has 148 valence electrons. The molecule has 0 amide bonds. The van der Waals surface area contributed by atoms with E-state index in [4.69, 9.17) is 10.1 Å². The lowest BCUT2D eigenvalue weighted by Gasteiger charge is -2.29. The number of hydrogen-bond donors (Lipinski definition) is 1. The molecule has 1 saturated heterocycles. The zero-order valence-electron chi connectivity index (χ0n) is 16.3. The monoisotopic (exact) mass is 397 g/mol. The minimum absolute atomic E-state index is 0.277. The van der Waals surface area contributed by atoms with Crippen LogP contribution in [-0.4, -0.2) is 40.8 Å². The van der Waals surface area contributed by atoms with E-state index in [0.29, 0.717) is 11.3 Å². The second-order valence-corrected chi connectivity index (χ2v) is 7.63. The van der Waals surface area contributed by atoms with Gasteiger partial charge in [0.1, 0.15) is 11.5 Å². The summed E-state index contributed by atoms with van der Waals surface area (Å²) in [7, 11) is 0. The van der Waals surface area contributed by atoms with Crippen LogP contribution in [0.15, 0.2) is 66.7 Å². The van der Waals surface area contributed by atoms with Gasteiger partial charge in [-0.15, -0.1) is 0 Å².